The fraction of sp³-hybridized carbons (Fsp3) is 0.538. The summed E-state index contributed by atoms with van der Waals surface area (Å²) < 4.78 is 27.1. The second-order valence-electron chi connectivity index (χ2n) is 5.16. The first-order valence-corrected chi connectivity index (χ1v) is 8.12. The van der Waals surface area contributed by atoms with Gasteiger partial charge in [-0.3, -0.25) is 0 Å². The van der Waals surface area contributed by atoms with E-state index in [1.807, 2.05) is 0 Å². The quantitative estimate of drug-likeness (QED) is 0.845. The van der Waals surface area contributed by atoms with E-state index in [1.165, 1.54) is 0 Å². The van der Waals surface area contributed by atoms with Crippen molar-refractivity contribution in [1.82, 2.24) is 4.72 Å². The summed E-state index contributed by atoms with van der Waals surface area (Å²) in [6.45, 7) is 2.16. The fourth-order valence-electron chi connectivity index (χ4n) is 2.13. The van der Waals surface area contributed by atoms with Crippen molar-refractivity contribution in [3.63, 3.8) is 0 Å². The average Bonchev–Trinajstić information content (AvgIpc) is 3.11. The van der Waals surface area contributed by atoms with Gasteiger partial charge >= 0.3 is 0 Å². The van der Waals surface area contributed by atoms with E-state index < -0.39 is 10.0 Å². The summed E-state index contributed by atoms with van der Waals surface area (Å²) in [5.74, 6) is 0. The van der Waals surface area contributed by atoms with Crippen LogP contribution in [-0.2, 0) is 10.0 Å². The predicted molar refractivity (Wildman–Crippen MR) is 74.7 cm³/mol. The Morgan fingerprint density at radius 2 is 2.11 bits per heavy atom. The molecule has 2 rings (SSSR count). The molecule has 0 amide bonds. The van der Waals surface area contributed by atoms with Crippen LogP contribution in [0.15, 0.2) is 23.1 Å². The summed E-state index contributed by atoms with van der Waals surface area (Å²) in [6, 6.07) is 4.85. The van der Waals surface area contributed by atoms with E-state index >= 15 is 0 Å². The summed E-state index contributed by atoms with van der Waals surface area (Å²) in [7, 11) is -3.54. The standard InChI is InChI=1S/C13H18ClNO3S/c1-10-11(14)3-2-4-12(10)19(17,18)15-9-13(5-6-13)7-8-16/h2-4,15-16H,5-9H2,1H3. The molecule has 19 heavy (non-hydrogen) atoms. The number of halogens is 1. The minimum absolute atomic E-state index is 0.0473. The molecule has 1 aromatic rings. The van der Waals surface area contributed by atoms with Crippen LogP contribution in [0.4, 0.5) is 0 Å². The van der Waals surface area contributed by atoms with Crippen molar-refractivity contribution in [2.75, 3.05) is 13.2 Å². The first-order valence-electron chi connectivity index (χ1n) is 6.26. The van der Waals surface area contributed by atoms with Gasteiger partial charge in [0.15, 0.2) is 0 Å². The highest BCUT2D eigenvalue weighted by atomic mass is 35.5. The lowest BCUT2D eigenvalue weighted by Gasteiger charge is -2.16. The third kappa shape index (κ3) is 3.28. The molecule has 1 aliphatic carbocycles. The number of rotatable bonds is 6. The Morgan fingerprint density at radius 3 is 2.68 bits per heavy atom. The van der Waals surface area contributed by atoms with Crippen LogP contribution in [0.3, 0.4) is 0 Å². The smallest absolute Gasteiger partial charge is 0.240 e. The van der Waals surface area contributed by atoms with Gasteiger partial charge in [-0.25, -0.2) is 13.1 Å². The van der Waals surface area contributed by atoms with E-state index in [-0.39, 0.29) is 16.9 Å². The molecular formula is C13H18ClNO3S. The Labute approximate surface area is 118 Å². The molecular weight excluding hydrogens is 286 g/mol. The zero-order valence-electron chi connectivity index (χ0n) is 10.8. The van der Waals surface area contributed by atoms with Crippen molar-refractivity contribution < 1.29 is 13.5 Å². The Kier molecular flexibility index (Phi) is 4.20. The van der Waals surface area contributed by atoms with Crippen molar-refractivity contribution in [2.24, 2.45) is 5.41 Å². The number of nitrogens with one attached hydrogen (secondary N) is 1. The van der Waals surface area contributed by atoms with E-state index in [4.69, 9.17) is 16.7 Å². The molecule has 1 saturated carbocycles. The van der Waals surface area contributed by atoms with Crippen LogP contribution < -0.4 is 4.72 Å². The zero-order chi connectivity index (χ0) is 14.1. The van der Waals surface area contributed by atoms with Gasteiger partial charge in [-0.05, 0) is 49.3 Å². The van der Waals surface area contributed by atoms with Crippen molar-refractivity contribution in [2.45, 2.75) is 31.1 Å². The molecule has 0 aromatic heterocycles. The lowest BCUT2D eigenvalue weighted by atomic mass is 10.0. The van der Waals surface area contributed by atoms with Crippen molar-refractivity contribution in [3.05, 3.63) is 28.8 Å². The fourth-order valence-corrected chi connectivity index (χ4v) is 3.79. The molecule has 0 spiro atoms. The number of sulfonamides is 1. The normalized spacial score (nSPS) is 17.4. The van der Waals surface area contributed by atoms with Crippen molar-refractivity contribution in [3.8, 4) is 0 Å². The Morgan fingerprint density at radius 1 is 1.42 bits per heavy atom. The minimum atomic E-state index is -3.54. The van der Waals surface area contributed by atoms with E-state index in [1.54, 1.807) is 25.1 Å². The molecule has 106 valence electrons. The van der Waals surface area contributed by atoms with Crippen molar-refractivity contribution in [1.29, 1.82) is 0 Å². The highest BCUT2D eigenvalue weighted by Gasteiger charge is 2.42. The van der Waals surface area contributed by atoms with Crippen LogP contribution in [0.1, 0.15) is 24.8 Å². The summed E-state index contributed by atoms with van der Waals surface area (Å²) in [5, 5.41) is 9.42. The van der Waals surface area contributed by atoms with Crippen LogP contribution in [0.5, 0.6) is 0 Å². The van der Waals surface area contributed by atoms with Crippen LogP contribution in [0, 0.1) is 12.3 Å². The maximum Gasteiger partial charge on any atom is 0.240 e. The number of benzene rings is 1. The average molecular weight is 304 g/mol. The third-order valence-electron chi connectivity index (χ3n) is 3.74. The van der Waals surface area contributed by atoms with Crippen LogP contribution in [0.2, 0.25) is 5.02 Å². The van der Waals surface area contributed by atoms with Gasteiger partial charge in [-0.1, -0.05) is 17.7 Å². The highest BCUT2D eigenvalue weighted by molar-refractivity contribution is 7.89. The van der Waals surface area contributed by atoms with Gasteiger partial charge in [0.05, 0.1) is 4.90 Å². The number of hydrogen-bond acceptors (Lipinski definition) is 3. The molecule has 0 radical (unpaired) electrons. The van der Waals surface area contributed by atoms with Crippen LogP contribution in [-0.4, -0.2) is 26.7 Å². The lowest BCUT2D eigenvalue weighted by Crippen LogP contribution is -2.31. The zero-order valence-corrected chi connectivity index (χ0v) is 12.4. The number of aliphatic hydroxyl groups excluding tert-OH is 1. The van der Waals surface area contributed by atoms with E-state index in [0.717, 1.165) is 12.8 Å². The number of hydrogen-bond donors (Lipinski definition) is 2. The molecule has 0 heterocycles. The second-order valence-corrected chi connectivity index (χ2v) is 7.30. The van der Waals surface area contributed by atoms with Gasteiger partial charge in [0.2, 0.25) is 10.0 Å². The maximum absolute atomic E-state index is 12.3. The van der Waals surface area contributed by atoms with Gasteiger partial charge in [-0.2, -0.15) is 0 Å². The van der Waals surface area contributed by atoms with E-state index in [9.17, 15) is 8.42 Å². The molecule has 0 bridgehead atoms. The third-order valence-corrected chi connectivity index (χ3v) is 5.70. The van der Waals surface area contributed by atoms with Crippen LogP contribution in [0.25, 0.3) is 0 Å². The monoisotopic (exact) mass is 303 g/mol. The molecule has 0 aliphatic heterocycles. The Balaban J connectivity index is 2.13. The first-order chi connectivity index (χ1) is 8.90. The molecule has 1 aromatic carbocycles. The minimum Gasteiger partial charge on any atom is -0.396 e. The second kappa shape index (κ2) is 5.40. The van der Waals surface area contributed by atoms with Gasteiger partial charge in [-0.15, -0.1) is 0 Å². The molecule has 2 N–H and O–H groups in total. The molecule has 0 saturated heterocycles. The van der Waals surface area contributed by atoms with Gasteiger partial charge in [0, 0.05) is 18.2 Å². The van der Waals surface area contributed by atoms with Crippen molar-refractivity contribution >= 4 is 21.6 Å². The molecule has 1 aliphatic rings. The maximum atomic E-state index is 12.3. The van der Waals surface area contributed by atoms with Gasteiger partial charge in [0.25, 0.3) is 0 Å². The number of aliphatic hydroxyl groups is 1. The highest BCUT2D eigenvalue weighted by Crippen LogP contribution is 2.48. The lowest BCUT2D eigenvalue weighted by molar-refractivity contribution is 0.249. The van der Waals surface area contributed by atoms with Gasteiger partial charge in [0.1, 0.15) is 0 Å². The first kappa shape index (κ1) is 14.8. The summed E-state index contributed by atoms with van der Waals surface area (Å²) >= 11 is 5.95. The largest absolute Gasteiger partial charge is 0.396 e. The predicted octanol–water partition coefficient (Wildman–Crippen LogP) is 2.09. The van der Waals surface area contributed by atoms with Gasteiger partial charge < -0.3 is 5.11 Å². The molecule has 6 heteroatoms. The topological polar surface area (TPSA) is 66.4 Å². The van der Waals surface area contributed by atoms with Crippen LogP contribution >= 0.6 is 11.6 Å². The Bertz CT molecular complexity index is 567. The summed E-state index contributed by atoms with van der Waals surface area (Å²) in [5.41, 5.74) is 0.512. The SMILES string of the molecule is Cc1c(Cl)cccc1S(=O)(=O)NCC1(CCO)CC1. The molecule has 0 atom stereocenters. The summed E-state index contributed by atoms with van der Waals surface area (Å²) in [6.07, 6.45) is 2.57. The van der Waals surface area contributed by atoms with E-state index in [2.05, 4.69) is 4.72 Å². The Hall–Kier alpha value is -0.620. The summed E-state index contributed by atoms with van der Waals surface area (Å²) in [4.78, 5) is 0.222. The molecule has 4 nitrogen and oxygen atoms in total. The molecule has 1 fully saturated rings. The van der Waals surface area contributed by atoms with E-state index in [0.29, 0.717) is 23.6 Å². The molecule has 0 unspecified atom stereocenters.